The molecule has 154 valence electrons. The topological polar surface area (TPSA) is 40.6 Å². The van der Waals surface area contributed by atoms with E-state index < -0.39 is 0 Å². The van der Waals surface area contributed by atoms with Crippen molar-refractivity contribution in [1.29, 1.82) is 0 Å². The Balaban J connectivity index is 1.47. The van der Waals surface area contributed by atoms with Gasteiger partial charge in [0, 0.05) is 19.7 Å². The van der Waals surface area contributed by atoms with Crippen LogP contribution in [0.4, 0.5) is 11.4 Å². The molecule has 0 N–H and O–H groups in total. The maximum Gasteiger partial charge on any atom is 0.266 e. The molecule has 0 saturated carbocycles. The van der Waals surface area contributed by atoms with Gasteiger partial charge in [0.1, 0.15) is 10.9 Å². The van der Waals surface area contributed by atoms with Crippen molar-refractivity contribution in [2.45, 2.75) is 9.79 Å². The molecule has 0 atom stereocenters. The van der Waals surface area contributed by atoms with Gasteiger partial charge in [-0.15, -0.1) is 11.3 Å². The maximum atomic E-state index is 13.5. The number of nitrogens with zero attached hydrogens (tertiary/aromatic N) is 2. The number of rotatable bonds is 3. The minimum absolute atomic E-state index is 0.141. The highest BCUT2D eigenvalue weighted by molar-refractivity contribution is 8.26. The Kier molecular flexibility index (Phi) is 5.66. The molecule has 2 aromatic carbocycles. The molecule has 1 aromatic heterocycles. The van der Waals surface area contributed by atoms with Crippen LogP contribution in [0, 0.1) is 0 Å². The molecule has 5 rings (SSSR count). The van der Waals surface area contributed by atoms with Crippen LogP contribution in [0.5, 0.6) is 0 Å². The van der Waals surface area contributed by atoms with Gasteiger partial charge >= 0.3 is 0 Å². The number of carbonyl (C=O) groups excluding carboxylic acids is 2. The second-order valence-corrected chi connectivity index (χ2v) is 10.9. The molecule has 0 aliphatic carbocycles. The van der Waals surface area contributed by atoms with Crippen molar-refractivity contribution in [1.82, 2.24) is 4.90 Å². The lowest BCUT2D eigenvalue weighted by atomic mass is 10.2. The van der Waals surface area contributed by atoms with Crippen molar-refractivity contribution < 1.29 is 9.59 Å². The summed E-state index contributed by atoms with van der Waals surface area (Å²) in [5.74, 6) is -0.493. The van der Waals surface area contributed by atoms with Crippen LogP contribution in [0.25, 0.3) is 6.08 Å². The van der Waals surface area contributed by atoms with E-state index in [9.17, 15) is 9.59 Å². The molecule has 2 aliphatic rings. The summed E-state index contributed by atoms with van der Waals surface area (Å²) in [6.45, 7) is -0.141. The van der Waals surface area contributed by atoms with Crippen LogP contribution in [0.1, 0.15) is 4.88 Å². The molecule has 4 nitrogen and oxygen atoms in total. The standard InChI is InChI=1S/C22H13ClN2O2S4/c23-13-7-8-18-16(10-13)25(15-5-1-2-6-17(15)30-18)20(26)12-24-21(27)19(31-22(24)28)11-14-4-3-9-29-14/h1-11H,12H2/b19-11+. The zero-order chi connectivity index (χ0) is 21.5. The van der Waals surface area contributed by atoms with E-state index in [0.29, 0.717) is 19.9 Å². The van der Waals surface area contributed by atoms with Crippen molar-refractivity contribution in [3.63, 3.8) is 0 Å². The third-order valence-electron chi connectivity index (χ3n) is 4.72. The average Bonchev–Trinajstić information content (AvgIpc) is 3.36. The Morgan fingerprint density at radius 2 is 1.84 bits per heavy atom. The van der Waals surface area contributed by atoms with Gasteiger partial charge in [-0.25, -0.2) is 0 Å². The summed E-state index contributed by atoms with van der Waals surface area (Å²) in [7, 11) is 0. The van der Waals surface area contributed by atoms with Gasteiger partial charge in [0.2, 0.25) is 0 Å². The lowest BCUT2D eigenvalue weighted by Crippen LogP contribution is -2.41. The highest BCUT2D eigenvalue weighted by Crippen LogP contribution is 2.49. The van der Waals surface area contributed by atoms with Crippen molar-refractivity contribution in [2.75, 3.05) is 11.4 Å². The molecule has 0 spiro atoms. The van der Waals surface area contributed by atoms with Crippen LogP contribution in [0.15, 0.2) is 74.7 Å². The first-order valence-corrected chi connectivity index (χ1v) is 12.5. The van der Waals surface area contributed by atoms with E-state index in [2.05, 4.69) is 0 Å². The first-order chi connectivity index (χ1) is 15.0. The van der Waals surface area contributed by atoms with Crippen LogP contribution in [-0.2, 0) is 9.59 Å². The van der Waals surface area contributed by atoms with Gasteiger partial charge in [0.15, 0.2) is 0 Å². The third-order valence-corrected chi connectivity index (χ3v) is 8.28. The molecule has 31 heavy (non-hydrogen) atoms. The zero-order valence-electron chi connectivity index (χ0n) is 15.8. The molecule has 3 aromatic rings. The number of benzene rings is 2. The van der Waals surface area contributed by atoms with Gasteiger partial charge in [0.05, 0.1) is 16.3 Å². The van der Waals surface area contributed by atoms with Gasteiger partial charge in [0.25, 0.3) is 11.8 Å². The second-order valence-electron chi connectivity index (χ2n) is 6.69. The third kappa shape index (κ3) is 3.94. The molecule has 3 heterocycles. The van der Waals surface area contributed by atoms with Gasteiger partial charge in [-0.05, 0) is 47.9 Å². The van der Waals surface area contributed by atoms with Crippen molar-refractivity contribution in [3.8, 4) is 0 Å². The number of hydrogen-bond donors (Lipinski definition) is 0. The lowest BCUT2D eigenvalue weighted by Gasteiger charge is -2.32. The number of amides is 2. The fraction of sp³-hybridized carbons (Fsp3) is 0.0455. The van der Waals surface area contributed by atoms with Gasteiger partial charge in [-0.2, -0.15) is 0 Å². The molecular weight excluding hydrogens is 488 g/mol. The van der Waals surface area contributed by atoms with Crippen LogP contribution in [-0.4, -0.2) is 27.6 Å². The van der Waals surface area contributed by atoms with E-state index >= 15 is 0 Å². The lowest BCUT2D eigenvalue weighted by molar-refractivity contribution is -0.127. The summed E-state index contributed by atoms with van der Waals surface area (Å²) in [6.07, 6.45) is 1.82. The van der Waals surface area contributed by atoms with Crippen LogP contribution < -0.4 is 4.90 Å². The Morgan fingerprint density at radius 3 is 2.65 bits per heavy atom. The predicted molar refractivity (Wildman–Crippen MR) is 133 cm³/mol. The summed E-state index contributed by atoms with van der Waals surface area (Å²) < 4.78 is 0.382. The quantitative estimate of drug-likeness (QED) is 0.306. The summed E-state index contributed by atoms with van der Waals surface area (Å²) in [4.78, 5) is 32.9. The number of thiophene rings is 1. The summed E-state index contributed by atoms with van der Waals surface area (Å²) in [5.41, 5.74) is 1.48. The van der Waals surface area contributed by atoms with E-state index in [0.717, 1.165) is 20.4 Å². The number of carbonyl (C=O) groups is 2. The smallest absolute Gasteiger partial charge is 0.266 e. The normalized spacial score (nSPS) is 16.6. The van der Waals surface area contributed by atoms with Gasteiger partial charge in [-0.3, -0.25) is 19.4 Å². The first kappa shape index (κ1) is 20.8. The van der Waals surface area contributed by atoms with Crippen molar-refractivity contribution in [3.05, 3.63) is 74.8 Å². The molecule has 0 bridgehead atoms. The van der Waals surface area contributed by atoms with E-state index in [-0.39, 0.29) is 18.4 Å². The number of hydrogen-bond acceptors (Lipinski definition) is 6. The maximum absolute atomic E-state index is 13.5. The minimum Gasteiger partial charge on any atom is -0.283 e. The number of fused-ring (bicyclic) bond motifs is 2. The van der Waals surface area contributed by atoms with Gasteiger partial charge < -0.3 is 0 Å². The SMILES string of the molecule is O=C1/C(=C\c2cccs2)SC(=S)N1CC(=O)N1c2ccccc2Sc2ccc(Cl)cc21. The molecule has 2 amide bonds. The number of anilines is 2. The summed E-state index contributed by atoms with van der Waals surface area (Å²) >= 11 is 16.0. The minimum atomic E-state index is -0.247. The Bertz CT molecular complexity index is 1260. The molecule has 1 saturated heterocycles. The Hall–Kier alpha value is -2.10. The average molecular weight is 501 g/mol. The Labute approximate surface area is 201 Å². The van der Waals surface area contributed by atoms with Gasteiger partial charge in [-0.1, -0.05) is 65.5 Å². The summed E-state index contributed by atoms with van der Waals surface area (Å²) in [6, 6.07) is 17.0. The highest BCUT2D eigenvalue weighted by atomic mass is 35.5. The second kappa shape index (κ2) is 8.44. The van der Waals surface area contributed by atoms with E-state index in [1.54, 1.807) is 40.1 Å². The predicted octanol–water partition coefficient (Wildman–Crippen LogP) is 6.43. The van der Waals surface area contributed by atoms with E-state index in [1.165, 1.54) is 16.7 Å². The number of thiocarbonyl (C=S) groups is 1. The fourth-order valence-corrected chi connectivity index (χ4v) is 6.52. The Morgan fingerprint density at radius 1 is 1.03 bits per heavy atom. The summed E-state index contributed by atoms with van der Waals surface area (Å²) in [5, 5.41) is 2.49. The molecule has 9 heteroatoms. The van der Waals surface area contributed by atoms with Crippen LogP contribution in [0.3, 0.4) is 0 Å². The van der Waals surface area contributed by atoms with Crippen LogP contribution >= 0.6 is 58.7 Å². The van der Waals surface area contributed by atoms with E-state index in [4.69, 9.17) is 23.8 Å². The molecule has 1 fully saturated rings. The van der Waals surface area contributed by atoms with Crippen molar-refractivity contribution in [2.24, 2.45) is 0 Å². The number of para-hydroxylation sites is 1. The largest absolute Gasteiger partial charge is 0.283 e. The van der Waals surface area contributed by atoms with E-state index in [1.807, 2.05) is 53.9 Å². The monoisotopic (exact) mass is 500 g/mol. The first-order valence-electron chi connectivity index (χ1n) is 9.19. The number of thioether (sulfide) groups is 1. The van der Waals surface area contributed by atoms with Crippen molar-refractivity contribution >= 4 is 92.3 Å². The number of halogens is 1. The highest BCUT2D eigenvalue weighted by Gasteiger charge is 2.36. The van der Waals surface area contributed by atoms with Crippen LogP contribution in [0.2, 0.25) is 5.02 Å². The molecule has 0 unspecified atom stereocenters. The molecular formula is C22H13ClN2O2S4. The zero-order valence-corrected chi connectivity index (χ0v) is 19.8. The fourth-order valence-electron chi connectivity index (χ4n) is 3.34. The molecule has 0 radical (unpaired) electrons. The molecule has 2 aliphatic heterocycles.